The molecule has 1 N–H and O–H groups in total. The molecule has 0 unspecified atom stereocenters. The first kappa shape index (κ1) is 8.73. The van der Waals surface area contributed by atoms with Gasteiger partial charge in [0.15, 0.2) is 0 Å². The summed E-state index contributed by atoms with van der Waals surface area (Å²) >= 11 is 0. The van der Waals surface area contributed by atoms with Crippen molar-refractivity contribution in [1.29, 1.82) is 0 Å². The van der Waals surface area contributed by atoms with E-state index in [0.29, 0.717) is 6.54 Å². The summed E-state index contributed by atoms with van der Waals surface area (Å²) < 4.78 is 0. The smallest absolute Gasteiger partial charge is 0.0485 e. The van der Waals surface area contributed by atoms with Crippen molar-refractivity contribution in [3.05, 3.63) is 34.9 Å². The van der Waals surface area contributed by atoms with Crippen molar-refractivity contribution in [2.45, 2.75) is 25.8 Å². The first-order valence-corrected chi connectivity index (χ1v) is 4.76. The topological polar surface area (TPSA) is 23.5 Å². The average Bonchev–Trinajstić information content (AvgIpc) is 2.49. The second-order valence-corrected chi connectivity index (χ2v) is 3.77. The van der Waals surface area contributed by atoms with E-state index in [9.17, 15) is 0 Å². The molecule has 1 aromatic rings. The van der Waals surface area contributed by atoms with E-state index in [-0.39, 0.29) is 0 Å². The van der Waals surface area contributed by atoms with Gasteiger partial charge in [-0.2, -0.15) is 5.06 Å². The molecule has 0 heterocycles. The average molecular weight is 177 g/mol. The van der Waals surface area contributed by atoms with Crippen LogP contribution >= 0.6 is 0 Å². The Bertz CT molecular complexity index is 307. The highest BCUT2D eigenvalue weighted by molar-refractivity contribution is 5.35. The maximum absolute atomic E-state index is 9.09. The van der Waals surface area contributed by atoms with Crippen LogP contribution < -0.4 is 0 Å². The molecule has 0 radical (unpaired) electrons. The molecule has 0 bridgehead atoms. The normalized spacial score (nSPS) is 15.0. The number of fused-ring (bicyclic) bond motifs is 1. The quantitative estimate of drug-likeness (QED) is 0.698. The SMILES string of the molecule is CN(O)Cc1ccc2c(c1)CCC2. The molecule has 1 aliphatic rings. The molecule has 0 amide bonds. The van der Waals surface area contributed by atoms with Crippen molar-refractivity contribution in [3.8, 4) is 0 Å². The maximum atomic E-state index is 9.09. The summed E-state index contributed by atoms with van der Waals surface area (Å²) in [7, 11) is 1.67. The molecule has 13 heavy (non-hydrogen) atoms. The van der Waals surface area contributed by atoms with E-state index < -0.39 is 0 Å². The Kier molecular flexibility index (Phi) is 2.34. The first-order valence-electron chi connectivity index (χ1n) is 4.76. The van der Waals surface area contributed by atoms with E-state index in [1.807, 2.05) is 0 Å². The summed E-state index contributed by atoms with van der Waals surface area (Å²) in [6.07, 6.45) is 3.72. The number of aryl methyl sites for hydroxylation is 2. The van der Waals surface area contributed by atoms with Gasteiger partial charge in [0.1, 0.15) is 0 Å². The lowest BCUT2D eigenvalue weighted by molar-refractivity contribution is -0.0731. The van der Waals surface area contributed by atoms with Crippen LogP contribution in [0.5, 0.6) is 0 Å². The van der Waals surface area contributed by atoms with E-state index in [0.717, 1.165) is 0 Å². The fourth-order valence-electron chi connectivity index (χ4n) is 1.99. The van der Waals surface area contributed by atoms with Gasteiger partial charge in [-0.25, -0.2) is 0 Å². The molecule has 70 valence electrons. The summed E-state index contributed by atoms with van der Waals surface area (Å²) in [6.45, 7) is 0.618. The predicted molar refractivity (Wildman–Crippen MR) is 51.7 cm³/mol. The zero-order valence-corrected chi connectivity index (χ0v) is 7.95. The molecule has 0 saturated carbocycles. The van der Waals surface area contributed by atoms with Gasteiger partial charge in [-0.05, 0) is 36.0 Å². The van der Waals surface area contributed by atoms with Crippen LogP contribution in [0.15, 0.2) is 18.2 Å². The fraction of sp³-hybridized carbons (Fsp3) is 0.455. The van der Waals surface area contributed by atoms with Gasteiger partial charge in [-0.3, -0.25) is 0 Å². The fourth-order valence-corrected chi connectivity index (χ4v) is 1.99. The molecule has 0 saturated heterocycles. The molecule has 0 fully saturated rings. The van der Waals surface area contributed by atoms with Gasteiger partial charge in [0.05, 0.1) is 0 Å². The lowest BCUT2D eigenvalue weighted by atomic mass is 10.1. The third kappa shape index (κ3) is 1.90. The standard InChI is InChI=1S/C11H15NO/c1-12(13)8-9-5-6-10-3-2-4-11(10)7-9/h5-7,13H,2-4,8H2,1H3. The number of nitrogens with zero attached hydrogens (tertiary/aromatic N) is 1. The van der Waals surface area contributed by atoms with Gasteiger partial charge >= 0.3 is 0 Å². The van der Waals surface area contributed by atoms with E-state index in [1.165, 1.54) is 41.0 Å². The Hall–Kier alpha value is -0.860. The zero-order chi connectivity index (χ0) is 9.26. The summed E-state index contributed by atoms with van der Waals surface area (Å²) in [4.78, 5) is 0. The number of hydroxylamine groups is 2. The second-order valence-electron chi connectivity index (χ2n) is 3.77. The zero-order valence-electron chi connectivity index (χ0n) is 7.95. The van der Waals surface area contributed by atoms with Crippen LogP contribution in [0.1, 0.15) is 23.1 Å². The molecule has 0 aromatic heterocycles. The van der Waals surface area contributed by atoms with Crippen LogP contribution in [-0.2, 0) is 19.4 Å². The molecule has 2 heteroatoms. The van der Waals surface area contributed by atoms with Crippen LogP contribution in [0.25, 0.3) is 0 Å². The Morgan fingerprint density at radius 3 is 2.85 bits per heavy atom. The van der Waals surface area contributed by atoms with Gasteiger partial charge in [-0.15, -0.1) is 0 Å². The summed E-state index contributed by atoms with van der Waals surface area (Å²) in [5.41, 5.74) is 4.16. The molecule has 0 spiro atoms. The molecule has 0 atom stereocenters. The van der Waals surface area contributed by atoms with Crippen LogP contribution in [0, 0.1) is 0 Å². The van der Waals surface area contributed by atoms with Crippen molar-refractivity contribution < 1.29 is 5.21 Å². The van der Waals surface area contributed by atoms with E-state index >= 15 is 0 Å². The molecule has 1 aliphatic carbocycles. The highest BCUT2D eigenvalue weighted by Crippen LogP contribution is 2.22. The maximum Gasteiger partial charge on any atom is 0.0485 e. The van der Waals surface area contributed by atoms with Crippen LogP contribution in [0.3, 0.4) is 0 Å². The third-order valence-corrected chi connectivity index (χ3v) is 2.57. The number of hydrogen-bond donors (Lipinski definition) is 1. The minimum absolute atomic E-state index is 0.618. The van der Waals surface area contributed by atoms with Gasteiger partial charge in [0.2, 0.25) is 0 Å². The number of hydrogen-bond acceptors (Lipinski definition) is 2. The molecule has 0 aliphatic heterocycles. The van der Waals surface area contributed by atoms with Gasteiger partial charge in [0.25, 0.3) is 0 Å². The first-order chi connectivity index (χ1) is 6.25. The van der Waals surface area contributed by atoms with Crippen LogP contribution in [0.4, 0.5) is 0 Å². The summed E-state index contributed by atoms with van der Waals surface area (Å²) in [5.74, 6) is 0. The molecular formula is C11H15NO. The van der Waals surface area contributed by atoms with Crippen molar-refractivity contribution in [3.63, 3.8) is 0 Å². The minimum atomic E-state index is 0.618. The Morgan fingerprint density at radius 1 is 1.31 bits per heavy atom. The Balaban J connectivity index is 2.21. The highest BCUT2D eigenvalue weighted by Gasteiger charge is 2.10. The summed E-state index contributed by atoms with van der Waals surface area (Å²) in [5, 5.41) is 10.3. The van der Waals surface area contributed by atoms with Crippen LogP contribution in [0.2, 0.25) is 0 Å². The largest absolute Gasteiger partial charge is 0.314 e. The van der Waals surface area contributed by atoms with E-state index in [1.54, 1.807) is 7.05 Å². The van der Waals surface area contributed by atoms with Crippen molar-refractivity contribution >= 4 is 0 Å². The number of benzene rings is 1. The molecular weight excluding hydrogens is 162 g/mol. The predicted octanol–water partition coefficient (Wildman–Crippen LogP) is 2.00. The Labute approximate surface area is 78.8 Å². The lowest BCUT2D eigenvalue weighted by Crippen LogP contribution is -2.11. The van der Waals surface area contributed by atoms with Crippen molar-refractivity contribution in [2.75, 3.05) is 7.05 Å². The molecule has 1 aromatic carbocycles. The molecule has 2 rings (SSSR count). The van der Waals surface area contributed by atoms with Crippen LogP contribution in [-0.4, -0.2) is 17.3 Å². The van der Waals surface area contributed by atoms with E-state index in [2.05, 4.69) is 18.2 Å². The van der Waals surface area contributed by atoms with Gasteiger partial charge < -0.3 is 5.21 Å². The number of rotatable bonds is 2. The van der Waals surface area contributed by atoms with Crippen molar-refractivity contribution in [2.24, 2.45) is 0 Å². The Morgan fingerprint density at radius 2 is 2.08 bits per heavy atom. The lowest BCUT2D eigenvalue weighted by Gasteiger charge is -2.09. The van der Waals surface area contributed by atoms with E-state index in [4.69, 9.17) is 5.21 Å². The summed E-state index contributed by atoms with van der Waals surface area (Å²) in [6, 6.07) is 6.52. The highest BCUT2D eigenvalue weighted by atomic mass is 16.5. The van der Waals surface area contributed by atoms with Gasteiger partial charge in [-0.1, -0.05) is 18.2 Å². The second kappa shape index (κ2) is 3.48. The third-order valence-electron chi connectivity index (χ3n) is 2.57. The minimum Gasteiger partial charge on any atom is -0.314 e. The van der Waals surface area contributed by atoms with Crippen molar-refractivity contribution in [1.82, 2.24) is 5.06 Å². The molecule has 2 nitrogen and oxygen atoms in total. The monoisotopic (exact) mass is 177 g/mol. The van der Waals surface area contributed by atoms with Gasteiger partial charge in [0, 0.05) is 13.6 Å².